The van der Waals surface area contributed by atoms with Crippen molar-refractivity contribution in [2.75, 3.05) is 6.54 Å². The molecular weight excluding hydrogens is 252 g/mol. The molecule has 18 heavy (non-hydrogen) atoms. The van der Waals surface area contributed by atoms with Gasteiger partial charge in [-0.2, -0.15) is 0 Å². The fraction of sp³-hybridized carbons (Fsp3) is 0.308. The van der Waals surface area contributed by atoms with Crippen LogP contribution in [0.3, 0.4) is 0 Å². The fourth-order valence-electron chi connectivity index (χ4n) is 2.36. The number of hydrogen-bond acceptors (Lipinski definition) is 2. The van der Waals surface area contributed by atoms with E-state index >= 15 is 0 Å². The molecule has 1 fully saturated rings. The topological polar surface area (TPSA) is 54.3 Å². The summed E-state index contributed by atoms with van der Waals surface area (Å²) in [7, 11) is 0. The van der Waals surface area contributed by atoms with Crippen molar-refractivity contribution in [2.45, 2.75) is 19.0 Å². The minimum absolute atomic E-state index is 0.273. The minimum atomic E-state index is -0.937. The Bertz CT molecular complexity index is 617. The Hall–Kier alpha value is -1.52. The van der Waals surface area contributed by atoms with Crippen LogP contribution in [-0.4, -0.2) is 28.2 Å². The van der Waals surface area contributed by atoms with Crippen molar-refractivity contribution in [3.63, 3.8) is 0 Å². The van der Waals surface area contributed by atoms with Crippen LogP contribution in [0.4, 0.5) is 0 Å². The molecule has 0 radical (unpaired) electrons. The van der Waals surface area contributed by atoms with Crippen LogP contribution in [-0.2, 0) is 6.54 Å². The molecule has 0 amide bonds. The van der Waals surface area contributed by atoms with Gasteiger partial charge in [0.1, 0.15) is 0 Å². The maximum Gasteiger partial charge on any atom is 0.337 e. The number of hydrogen-bond donors (Lipinski definition) is 2. The van der Waals surface area contributed by atoms with Crippen LogP contribution in [0.2, 0.25) is 5.02 Å². The van der Waals surface area contributed by atoms with Crippen LogP contribution in [0.5, 0.6) is 0 Å². The highest BCUT2D eigenvalue weighted by atomic mass is 35.5. The normalized spacial score (nSPS) is 18.8. The molecule has 4 nitrogen and oxygen atoms in total. The van der Waals surface area contributed by atoms with Gasteiger partial charge in [0.2, 0.25) is 0 Å². The first kappa shape index (κ1) is 11.6. The molecular formula is C13H13ClN2O2. The molecule has 5 heteroatoms. The second kappa shape index (κ2) is 4.30. The number of carboxylic acids is 1. The lowest BCUT2D eigenvalue weighted by atomic mass is 10.1. The lowest BCUT2D eigenvalue weighted by Crippen LogP contribution is -2.45. The van der Waals surface area contributed by atoms with Crippen LogP contribution in [0.25, 0.3) is 10.9 Å². The fourth-order valence-corrected chi connectivity index (χ4v) is 2.63. The van der Waals surface area contributed by atoms with Gasteiger partial charge in [0, 0.05) is 24.2 Å². The van der Waals surface area contributed by atoms with Gasteiger partial charge in [-0.1, -0.05) is 17.7 Å². The Kier molecular flexibility index (Phi) is 2.76. The Morgan fingerprint density at radius 1 is 1.56 bits per heavy atom. The molecule has 0 aliphatic carbocycles. The second-order valence-electron chi connectivity index (χ2n) is 4.57. The summed E-state index contributed by atoms with van der Waals surface area (Å²) in [6.07, 6.45) is 2.81. The quantitative estimate of drug-likeness (QED) is 0.895. The summed E-state index contributed by atoms with van der Waals surface area (Å²) in [5, 5.41) is 13.7. The number of carboxylic acid groups (broad SMARTS) is 1. The standard InChI is InChI=1S/C13H13ClN2O2/c14-10-2-1-3-11-12(10)9(13(17)18)7-16(11)6-8-4-5-15-8/h1-3,7-8,15H,4-6H2,(H,17,18). The summed E-state index contributed by atoms with van der Waals surface area (Å²) >= 11 is 6.11. The van der Waals surface area contributed by atoms with Gasteiger partial charge < -0.3 is 15.0 Å². The van der Waals surface area contributed by atoms with E-state index in [1.807, 2.05) is 16.7 Å². The van der Waals surface area contributed by atoms with Gasteiger partial charge in [-0.05, 0) is 25.1 Å². The zero-order valence-corrected chi connectivity index (χ0v) is 10.4. The predicted octanol–water partition coefficient (Wildman–Crippen LogP) is 2.35. The minimum Gasteiger partial charge on any atom is -0.478 e. The van der Waals surface area contributed by atoms with Crippen molar-refractivity contribution in [3.05, 3.63) is 35.0 Å². The van der Waals surface area contributed by atoms with E-state index in [2.05, 4.69) is 5.32 Å². The number of rotatable bonds is 3. The molecule has 0 bridgehead atoms. The van der Waals surface area contributed by atoms with Gasteiger partial charge >= 0.3 is 5.97 Å². The molecule has 3 rings (SSSR count). The van der Waals surface area contributed by atoms with Gasteiger partial charge in [0.15, 0.2) is 0 Å². The number of nitrogens with one attached hydrogen (secondary N) is 1. The van der Waals surface area contributed by atoms with Gasteiger partial charge in [-0.15, -0.1) is 0 Å². The highest BCUT2D eigenvalue weighted by molar-refractivity contribution is 6.36. The highest BCUT2D eigenvalue weighted by Crippen LogP contribution is 2.29. The van der Waals surface area contributed by atoms with E-state index in [0.717, 1.165) is 25.0 Å². The first-order valence-electron chi connectivity index (χ1n) is 5.91. The van der Waals surface area contributed by atoms with E-state index in [4.69, 9.17) is 11.6 Å². The van der Waals surface area contributed by atoms with E-state index in [0.29, 0.717) is 16.5 Å². The number of fused-ring (bicyclic) bond motifs is 1. The Labute approximate surface area is 109 Å². The molecule has 1 atom stereocenters. The van der Waals surface area contributed by atoms with Crippen molar-refractivity contribution >= 4 is 28.5 Å². The van der Waals surface area contributed by atoms with E-state index in [1.165, 1.54) is 0 Å². The van der Waals surface area contributed by atoms with E-state index in [1.54, 1.807) is 12.3 Å². The summed E-state index contributed by atoms with van der Waals surface area (Å²) in [5.74, 6) is -0.937. The SMILES string of the molecule is O=C(O)c1cn(CC2CCN2)c2cccc(Cl)c12. The third-order valence-corrected chi connectivity index (χ3v) is 3.74. The van der Waals surface area contributed by atoms with Crippen LogP contribution in [0.15, 0.2) is 24.4 Å². The molecule has 0 saturated carbocycles. The van der Waals surface area contributed by atoms with E-state index < -0.39 is 5.97 Å². The third-order valence-electron chi connectivity index (χ3n) is 3.43. The maximum atomic E-state index is 11.3. The first-order valence-corrected chi connectivity index (χ1v) is 6.28. The van der Waals surface area contributed by atoms with Crippen LogP contribution in [0.1, 0.15) is 16.8 Å². The number of nitrogens with zero attached hydrogens (tertiary/aromatic N) is 1. The zero-order chi connectivity index (χ0) is 12.7. The van der Waals surface area contributed by atoms with Gasteiger partial charge in [-0.25, -0.2) is 4.79 Å². The molecule has 2 heterocycles. The lowest BCUT2D eigenvalue weighted by Gasteiger charge is -2.28. The molecule has 2 N–H and O–H groups in total. The zero-order valence-electron chi connectivity index (χ0n) is 9.69. The number of halogens is 1. The van der Waals surface area contributed by atoms with Gasteiger partial charge in [0.25, 0.3) is 0 Å². The van der Waals surface area contributed by atoms with Crippen molar-refractivity contribution in [2.24, 2.45) is 0 Å². The number of carbonyl (C=O) groups is 1. The summed E-state index contributed by atoms with van der Waals surface area (Å²) in [5.41, 5.74) is 1.16. The Morgan fingerprint density at radius 2 is 2.33 bits per heavy atom. The third kappa shape index (κ3) is 1.78. The summed E-state index contributed by atoms with van der Waals surface area (Å²) < 4.78 is 1.97. The van der Waals surface area contributed by atoms with Gasteiger partial charge in [-0.3, -0.25) is 0 Å². The Balaban J connectivity index is 2.13. The van der Waals surface area contributed by atoms with Crippen LogP contribution < -0.4 is 5.32 Å². The van der Waals surface area contributed by atoms with Gasteiger partial charge in [0.05, 0.1) is 16.1 Å². The predicted molar refractivity (Wildman–Crippen MR) is 70.3 cm³/mol. The molecule has 1 aliphatic rings. The largest absolute Gasteiger partial charge is 0.478 e. The first-order chi connectivity index (χ1) is 8.66. The molecule has 94 valence electrons. The molecule has 2 aromatic rings. The van der Waals surface area contributed by atoms with Crippen molar-refractivity contribution in [1.82, 2.24) is 9.88 Å². The molecule has 1 saturated heterocycles. The maximum absolute atomic E-state index is 11.3. The molecule has 1 unspecified atom stereocenters. The highest BCUT2D eigenvalue weighted by Gasteiger charge is 2.21. The van der Waals surface area contributed by atoms with Crippen molar-refractivity contribution in [1.29, 1.82) is 0 Å². The monoisotopic (exact) mass is 264 g/mol. The number of benzene rings is 1. The van der Waals surface area contributed by atoms with Crippen LogP contribution >= 0.6 is 11.6 Å². The van der Waals surface area contributed by atoms with Crippen molar-refractivity contribution < 1.29 is 9.90 Å². The Morgan fingerprint density at radius 3 is 2.94 bits per heavy atom. The summed E-state index contributed by atoms with van der Waals surface area (Å²) in [6.45, 7) is 1.82. The lowest BCUT2D eigenvalue weighted by molar-refractivity contribution is 0.0698. The number of aromatic nitrogens is 1. The van der Waals surface area contributed by atoms with E-state index in [9.17, 15) is 9.90 Å². The molecule has 1 aromatic heterocycles. The smallest absolute Gasteiger partial charge is 0.337 e. The molecule has 1 aromatic carbocycles. The number of aromatic carboxylic acids is 1. The molecule has 0 spiro atoms. The van der Waals surface area contributed by atoms with Crippen molar-refractivity contribution in [3.8, 4) is 0 Å². The summed E-state index contributed by atoms with van der Waals surface area (Å²) in [4.78, 5) is 11.3. The second-order valence-corrected chi connectivity index (χ2v) is 4.98. The van der Waals surface area contributed by atoms with Crippen LogP contribution in [0, 0.1) is 0 Å². The summed E-state index contributed by atoms with van der Waals surface area (Å²) in [6, 6.07) is 5.91. The average Bonchev–Trinajstić information content (AvgIpc) is 2.64. The van der Waals surface area contributed by atoms with E-state index in [-0.39, 0.29) is 5.56 Å². The molecule has 1 aliphatic heterocycles. The average molecular weight is 265 g/mol.